The number of aromatic nitrogens is 3. The van der Waals surface area contributed by atoms with Crippen molar-refractivity contribution in [2.75, 3.05) is 18.4 Å². The summed E-state index contributed by atoms with van der Waals surface area (Å²) in [6.07, 6.45) is 1.99. The summed E-state index contributed by atoms with van der Waals surface area (Å²) >= 11 is 0. The zero-order valence-corrected chi connectivity index (χ0v) is 13.2. The molecule has 120 valence electrons. The lowest BCUT2D eigenvalue weighted by atomic mass is 10.1. The summed E-state index contributed by atoms with van der Waals surface area (Å²) in [6, 6.07) is 5.45. The lowest BCUT2D eigenvalue weighted by Gasteiger charge is -2.13. The van der Waals surface area contributed by atoms with Crippen LogP contribution in [0.4, 0.5) is 5.82 Å². The van der Waals surface area contributed by atoms with Crippen LogP contribution < -0.4 is 5.32 Å². The lowest BCUT2D eigenvalue weighted by Crippen LogP contribution is -2.29. The Morgan fingerprint density at radius 3 is 2.57 bits per heavy atom. The van der Waals surface area contributed by atoms with E-state index in [4.69, 9.17) is 0 Å². The summed E-state index contributed by atoms with van der Waals surface area (Å²) in [4.78, 5) is 26.5. The fraction of sp³-hybridized carbons (Fsp3) is 0.375. The molecule has 2 amide bonds. The molecular weight excluding hydrogens is 294 g/mol. The van der Waals surface area contributed by atoms with E-state index in [2.05, 4.69) is 20.7 Å². The van der Waals surface area contributed by atoms with Gasteiger partial charge in [0.15, 0.2) is 11.5 Å². The Bertz CT molecular complexity index is 747. The standard InChI is InChI=1S/C16H19N5O2/c1-10-5-6-12(9-11(10)2)15(22)17-14-13(18-20-19-14)16(23)21-7-3-4-8-21/h5-6,9H,3-4,7-8H2,1-2H3,(H2,17,18,19,20,22). The number of carbonyl (C=O) groups is 2. The normalized spacial score (nSPS) is 14.1. The van der Waals surface area contributed by atoms with Gasteiger partial charge in [0.2, 0.25) is 0 Å². The summed E-state index contributed by atoms with van der Waals surface area (Å²) < 4.78 is 0. The molecule has 0 aliphatic carbocycles. The quantitative estimate of drug-likeness (QED) is 0.905. The largest absolute Gasteiger partial charge is 0.337 e. The highest BCUT2D eigenvalue weighted by Gasteiger charge is 2.26. The number of amides is 2. The Labute approximate surface area is 134 Å². The third-order valence-electron chi connectivity index (χ3n) is 4.14. The fourth-order valence-corrected chi connectivity index (χ4v) is 2.60. The molecule has 0 atom stereocenters. The molecule has 1 aliphatic rings. The van der Waals surface area contributed by atoms with E-state index in [0.717, 1.165) is 37.1 Å². The minimum atomic E-state index is -0.308. The number of H-pyrrole nitrogens is 1. The first kappa shape index (κ1) is 15.2. The molecule has 0 spiro atoms. The Morgan fingerprint density at radius 2 is 1.87 bits per heavy atom. The van der Waals surface area contributed by atoms with Gasteiger partial charge >= 0.3 is 0 Å². The fourth-order valence-electron chi connectivity index (χ4n) is 2.60. The van der Waals surface area contributed by atoms with E-state index in [9.17, 15) is 9.59 Å². The molecular formula is C16H19N5O2. The predicted molar refractivity (Wildman–Crippen MR) is 85.4 cm³/mol. The Hall–Kier alpha value is -2.70. The number of likely N-dealkylation sites (tertiary alicyclic amines) is 1. The maximum Gasteiger partial charge on any atom is 0.278 e. The minimum Gasteiger partial charge on any atom is -0.337 e. The Balaban J connectivity index is 1.78. The average molecular weight is 313 g/mol. The first-order valence-corrected chi connectivity index (χ1v) is 7.65. The van der Waals surface area contributed by atoms with Crippen LogP contribution in [0.15, 0.2) is 18.2 Å². The maximum absolute atomic E-state index is 12.4. The number of anilines is 1. The molecule has 1 aromatic carbocycles. The van der Waals surface area contributed by atoms with Gasteiger partial charge in [-0.1, -0.05) is 6.07 Å². The summed E-state index contributed by atoms with van der Waals surface area (Å²) in [5.74, 6) is -0.339. The number of hydrogen-bond donors (Lipinski definition) is 2. The molecule has 1 aliphatic heterocycles. The molecule has 7 nitrogen and oxygen atoms in total. The summed E-state index contributed by atoms with van der Waals surface area (Å²) in [5, 5.41) is 12.9. The van der Waals surface area contributed by atoms with Crippen molar-refractivity contribution in [1.29, 1.82) is 0 Å². The van der Waals surface area contributed by atoms with Crippen LogP contribution in [0.25, 0.3) is 0 Å². The number of rotatable bonds is 3. The summed E-state index contributed by atoms with van der Waals surface area (Å²) in [7, 11) is 0. The minimum absolute atomic E-state index is 0.157. The Morgan fingerprint density at radius 1 is 1.13 bits per heavy atom. The second-order valence-electron chi connectivity index (χ2n) is 5.77. The van der Waals surface area contributed by atoms with Crippen molar-refractivity contribution in [1.82, 2.24) is 20.3 Å². The molecule has 2 N–H and O–H groups in total. The van der Waals surface area contributed by atoms with Gasteiger partial charge in [0, 0.05) is 18.7 Å². The van der Waals surface area contributed by atoms with Crippen LogP contribution in [-0.2, 0) is 0 Å². The molecule has 3 rings (SSSR count). The van der Waals surface area contributed by atoms with E-state index in [1.54, 1.807) is 11.0 Å². The van der Waals surface area contributed by atoms with Crippen LogP contribution in [-0.4, -0.2) is 45.2 Å². The molecule has 1 saturated heterocycles. The van der Waals surface area contributed by atoms with Crippen molar-refractivity contribution in [3.8, 4) is 0 Å². The van der Waals surface area contributed by atoms with Crippen molar-refractivity contribution in [3.63, 3.8) is 0 Å². The molecule has 0 radical (unpaired) electrons. The molecule has 0 saturated carbocycles. The molecule has 0 unspecified atom stereocenters. The predicted octanol–water partition coefficient (Wildman–Crippen LogP) is 1.91. The second-order valence-corrected chi connectivity index (χ2v) is 5.77. The monoisotopic (exact) mass is 313 g/mol. The van der Waals surface area contributed by atoms with E-state index in [0.29, 0.717) is 5.56 Å². The first-order chi connectivity index (χ1) is 11.1. The van der Waals surface area contributed by atoms with Gasteiger partial charge in [0.1, 0.15) is 0 Å². The number of benzene rings is 1. The van der Waals surface area contributed by atoms with Gasteiger partial charge < -0.3 is 10.2 Å². The second kappa shape index (κ2) is 6.20. The molecule has 23 heavy (non-hydrogen) atoms. The van der Waals surface area contributed by atoms with Crippen molar-refractivity contribution in [2.24, 2.45) is 0 Å². The number of aryl methyl sites for hydroxylation is 2. The highest BCUT2D eigenvalue weighted by Crippen LogP contribution is 2.17. The van der Waals surface area contributed by atoms with E-state index < -0.39 is 0 Å². The van der Waals surface area contributed by atoms with E-state index in [-0.39, 0.29) is 23.3 Å². The van der Waals surface area contributed by atoms with Crippen LogP contribution >= 0.6 is 0 Å². The molecule has 1 aromatic heterocycles. The summed E-state index contributed by atoms with van der Waals surface area (Å²) in [5.41, 5.74) is 2.83. The van der Waals surface area contributed by atoms with Crippen LogP contribution in [0, 0.1) is 13.8 Å². The summed E-state index contributed by atoms with van der Waals surface area (Å²) in [6.45, 7) is 5.37. The first-order valence-electron chi connectivity index (χ1n) is 7.65. The number of nitrogens with one attached hydrogen (secondary N) is 2. The van der Waals surface area contributed by atoms with Crippen LogP contribution in [0.5, 0.6) is 0 Å². The van der Waals surface area contributed by atoms with Crippen LogP contribution in [0.3, 0.4) is 0 Å². The van der Waals surface area contributed by atoms with Gasteiger partial charge in [-0.2, -0.15) is 5.21 Å². The highest BCUT2D eigenvalue weighted by molar-refractivity contribution is 6.07. The van der Waals surface area contributed by atoms with Crippen molar-refractivity contribution < 1.29 is 9.59 Å². The van der Waals surface area contributed by atoms with E-state index in [1.807, 2.05) is 26.0 Å². The number of nitrogens with zero attached hydrogens (tertiary/aromatic N) is 3. The van der Waals surface area contributed by atoms with Gasteiger partial charge in [-0.05, 0) is 49.9 Å². The highest BCUT2D eigenvalue weighted by atomic mass is 16.2. The third-order valence-corrected chi connectivity index (χ3v) is 4.14. The third kappa shape index (κ3) is 3.08. The van der Waals surface area contributed by atoms with E-state index in [1.165, 1.54) is 0 Å². The molecule has 2 aromatic rings. The van der Waals surface area contributed by atoms with Crippen LogP contribution in [0.1, 0.15) is 44.8 Å². The topological polar surface area (TPSA) is 91.0 Å². The number of hydrogen-bond acceptors (Lipinski definition) is 4. The lowest BCUT2D eigenvalue weighted by molar-refractivity contribution is 0.0788. The van der Waals surface area contributed by atoms with Crippen molar-refractivity contribution in [2.45, 2.75) is 26.7 Å². The number of aromatic amines is 1. The van der Waals surface area contributed by atoms with Gasteiger partial charge in [-0.15, -0.1) is 10.2 Å². The smallest absolute Gasteiger partial charge is 0.278 e. The average Bonchev–Trinajstić information content (AvgIpc) is 3.20. The van der Waals surface area contributed by atoms with Gasteiger partial charge in [-0.3, -0.25) is 9.59 Å². The zero-order valence-electron chi connectivity index (χ0n) is 13.2. The number of carbonyl (C=O) groups excluding carboxylic acids is 2. The van der Waals surface area contributed by atoms with Crippen molar-refractivity contribution in [3.05, 3.63) is 40.6 Å². The van der Waals surface area contributed by atoms with Crippen LogP contribution in [0.2, 0.25) is 0 Å². The Kier molecular flexibility index (Phi) is 4.10. The molecule has 1 fully saturated rings. The van der Waals surface area contributed by atoms with Gasteiger partial charge in [0.05, 0.1) is 0 Å². The SMILES string of the molecule is Cc1ccc(C(=O)Nc2n[nH]nc2C(=O)N2CCCC2)cc1C. The zero-order chi connectivity index (χ0) is 16.4. The molecule has 0 bridgehead atoms. The van der Waals surface area contributed by atoms with Crippen molar-refractivity contribution >= 4 is 17.6 Å². The molecule has 7 heteroatoms. The van der Waals surface area contributed by atoms with Gasteiger partial charge in [-0.25, -0.2) is 0 Å². The molecule has 2 heterocycles. The van der Waals surface area contributed by atoms with E-state index >= 15 is 0 Å². The maximum atomic E-state index is 12.4. The van der Waals surface area contributed by atoms with Gasteiger partial charge in [0.25, 0.3) is 11.8 Å².